The molecule has 0 atom stereocenters. The molecule has 0 rings (SSSR count). The molecule has 0 unspecified atom stereocenters. The van der Waals surface area contributed by atoms with Gasteiger partial charge in [0.25, 0.3) is 0 Å². The van der Waals surface area contributed by atoms with E-state index in [-0.39, 0.29) is 42.9 Å². The van der Waals surface area contributed by atoms with Crippen molar-refractivity contribution in [1.82, 2.24) is 0 Å². The molecule has 0 aromatic carbocycles. The second-order valence-corrected chi connectivity index (χ2v) is 1.15. The molecular formula is C2H4CaOS. The molecule has 2 radical (unpaired) electrons. The fraction of sp³-hybridized carbons (Fsp3) is 0.500. The average molecular weight is 116 g/mol. The first-order chi connectivity index (χ1) is 1.73. The topological polar surface area (TPSA) is 17.1 Å². The van der Waals surface area contributed by atoms with E-state index in [1.807, 2.05) is 0 Å². The van der Waals surface area contributed by atoms with Gasteiger partial charge in [-0.15, -0.1) is 12.6 Å². The zero-order chi connectivity index (χ0) is 3.58. The molecule has 0 heterocycles. The Labute approximate surface area is 66.5 Å². The van der Waals surface area contributed by atoms with Crippen molar-refractivity contribution in [3.63, 3.8) is 0 Å². The van der Waals surface area contributed by atoms with Gasteiger partial charge >= 0.3 is 0 Å². The van der Waals surface area contributed by atoms with Crippen molar-refractivity contribution in [1.29, 1.82) is 0 Å². The molecule has 0 bridgehead atoms. The maximum absolute atomic E-state index is 9.31. The van der Waals surface area contributed by atoms with E-state index in [4.69, 9.17) is 0 Å². The summed E-state index contributed by atoms with van der Waals surface area (Å²) >= 11 is 3.33. The minimum Gasteiger partial charge on any atom is -0.288 e. The molecule has 0 amide bonds. The first-order valence-corrected chi connectivity index (χ1v) is 1.37. The molecule has 0 aromatic rings. The Hall–Kier alpha value is 1.28. The van der Waals surface area contributed by atoms with Gasteiger partial charge < -0.3 is 0 Å². The number of carbonyl (C=O) groups is 1. The molecular weight excluding hydrogens is 112 g/mol. The largest absolute Gasteiger partial charge is 0.288 e. The van der Waals surface area contributed by atoms with Crippen LogP contribution in [0.2, 0.25) is 0 Å². The van der Waals surface area contributed by atoms with E-state index in [1.165, 1.54) is 6.92 Å². The predicted octanol–water partition coefficient (Wildman–Crippen LogP) is 0.0819. The van der Waals surface area contributed by atoms with E-state index in [1.54, 1.807) is 0 Å². The molecule has 3 heteroatoms. The van der Waals surface area contributed by atoms with Crippen molar-refractivity contribution in [3.05, 3.63) is 0 Å². The maximum atomic E-state index is 9.31. The zero-order valence-electron chi connectivity index (χ0n) is 3.06. The van der Waals surface area contributed by atoms with Crippen molar-refractivity contribution in [2.75, 3.05) is 0 Å². The predicted molar refractivity (Wildman–Crippen MR) is 25.4 cm³/mol. The summed E-state index contributed by atoms with van der Waals surface area (Å²) in [6.07, 6.45) is 0. The Morgan fingerprint density at radius 3 is 1.80 bits per heavy atom. The van der Waals surface area contributed by atoms with Gasteiger partial charge in [-0.1, -0.05) is 0 Å². The molecule has 0 aliphatic carbocycles. The van der Waals surface area contributed by atoms with Gasteiger partial charge in [0.05, 0.1) is 0 Å². The van der Waals surface area contributed by atoms with E-state index >= 15 is 0 Å². The summed E-state index contributed by atoms with van der Waals surface area (Å²) in [5, 5.41) is -0.139. The average Bonchev–Trinajstić information content (AvgIpc) is 0.811. The van der Waals surface area contributed by atoms with Crippen molar-refractivity contribution >= 4 is 55.5 Å². The standard InChI is InChI=1S/C2H4OS.Ca/c1-2(3)4;/h1H3,(H,3,4);. The minimum absolute atomic E-state index is 0. The number of thiol groups is 1. The second kappa shape index (κ2) is 5.28. The van der Waals surface area contributed by atoms with Crippen molar-refractivity contribution in [3.8, 4) is 0 Å². The summed E-state index contributed by atoms with van der Waals surface area (Å²) in [5.41, 5.74) is 0. The van der Waals surface area contributed by atoms with Crippen LogP contribution in [0.4, 0.5) is 0 Å². The fourth-order valence-corrected chi connectivity index (χ4v) is 0. The van der Waals surface area contributed by atoms with Crippen LogP contribution in [0.5, 0.6) is 0 Å². The van der Waals surface area contributed by atoms with Crippen LogP contribution < -0.4 is 0 Å². The minimum atomic E-state index is -0.139. The first kappa shape index (κ1) is 9.56. The molecule has 1 nitrogen and oxygen atoms in total. The van der Waals surface area contributed by atoms with Crippen molar-refractivity contribution in [2.24, 2.45) is 0 Å². The van der Waals surface area contributed by atoms with E-state index in [0.29, 0.717) is 0 Å². The summed E-state index contributed by atoms with van der Waals surface area (Å²) < 4.78 is 0. The van der Waals surface area contributed by atoms with Crippen LogP contribution in [0, 0.1) is 0 Å². The Morgan fingerprint density at radius 2 is 1.80 bits per heavy atom. The van der Waals surface area contributed by atoms with Gasteiger partial charge in [-0.3, -0.25) is 4.79 Å². The van der Waals surface area contributed by atoms with Gasteiger partial charge in [-0.05, 0) is 0 Å². The monoisotopic (exact) mass is 116 g/mol. The number of hydrogen-bond acceptors (Lipinski definition) is 1. The van der Waals surface area contributed by atoms with Gasteiger partial charge in [0, 0.05) is 44.7 Å². The molecule has 0 fully saturated rings. The van der Waals surface area contributed by atoms with E-state index in [2.05, 4.69) is 12.6 Å². The van der Waals surface area contributed by atoms with Gasteiger partial charge in [-0.25, -0.2) is 0 Å². The Kier molecular flexibility index (Phi) is 10.1. The smallest absolute Gasteiger partial charge is 0.182 e. The van der Waals surface area contributed by atoms with Crippen LogP contribution in [0.3, 0.4) is 0 Å². The van der Waals surface area contributed by atoms with Crippen molar-refractivity contribution in [2.45, 2.75) is 6.92 Å². The number of rotatable bonds is 0. The SMILES string of the molecule is CC(=O)S.[Ca]. The third kappa shape index (κ3) is 34.7. The summed E-state index contributed by atoms with van der Waals surface area (Å²) in [4.78, 5) is 9.31. The molecule has 5 heavy (non-hydrogen) atoms. The fourth-order valence-electron chi connectivity index (χ4n) is 0. The summed E-state index contributed by atoms with van der Waals surface area (Å²) in [7, 11) is 0. The van der Waals surface area contributed by atoms with Crippen LogP contribution in [0.25, 0.3) is 0 Å². The van der Waals surface area contributed by atoms with Crippen LogP contribution in [-0.2, 0) is 4.79 Å². The summed E-state index contributed by atoms with van der Waals surface area (Å²) in [5.74, 6) is 0. The Bertz CT molecular complexity index is 32.6. The van der Waals surface area contributed by atoms with Gasteiger partial charge in [-0.2, -0.15) is 0 Å². The number of carbonyl (C=O) groups excluding carboxylic acids is 1. The third-order valence-electron chi connectivity index (χ3n) is 0. The molecule has 26 valence electrons. The maximum Gasteiger partial charge on any atom is 0.182 e. The van der Waals surface area contributed by atoms with Gasteiger partial charge in [0.1, 0.15) is 0 Å². The normalized spacial score (nSPS) is 5.20. The number of hydrogen-bond donors (Lipinski definition) is 1. The molecule has 0 aliphatic rings. The van der Waals surface area contributed by atoms with Crippen LogP contribution in [0.1, 0.15) is 6.92 Å². The second-order valence-electron chi connectivity index (χ2n) is 0.519. The summed E-state index contributed by atoms with van der Waals surface area (Å²) in [6, 6.07) is 0. The van der Waals surface area contributed by atoms with Crippen LogP contribution in [0.15, 0.2) is 0 Å². The molecule has 0 saturated carbocycles. The Morgan fingerprint density at radius 1 is 1.80 bits per heavy atom. The van der Waals surface area contributed by atoms with E-state index in [0.717, 1.165) is 0 Å². The van der Waals surface area contributed by atoms with Crippen LogP contribution >= 0.6 is 12.6 Å². The summed E-state index contributed by atoms with van der Waals surface area (Å²) in [6.45, 7) is 1.39. The zero-order valence-corrected chi connectivity index (χ0v) is 6.17. The van der Waals surface area contributed by atoms with Gasteiger partial charge in [0.2, 0.25) is 0 Å². The van der Waals surface area contributed by atoms with Gasteiger partial charge in [0.15, 0.2) is 5.12 Å². The van der Waals surface area contributed by atoms with E-state index in [9.17, 15) is 4.79 Å². The molecule has 0 aliphatic heterocycles. The van der Waals surface area contributed by atoms with Crippen molar-refractivity contribution < 1.29 is 4.79 Å². The van der Waals surface area contributed by atoms with E-state index < -0.39 is 0 Å². The third-order valence-corrected chi connectivity index (χ3v) is 0. The quantitative estimate of drug-likeness (QED) is 0.350. The Balaban J connectivity index is 0. The molecule has 0 aromatic heterocycles. The van der Waals surface area contributed by atoms with Crippen LogP contribution in [-0.4, -0.2) is 42.9 Å². The molecule has 0 N–H and O–H groups in total. The molecule has 0 spiro atoms. The first-order valence-electron chi connectivity index (χ1n) is 0.928. The molecule has 0 saturated heterocycles.